The number of amides is 2. The highest BCUT2D eigenvalue weighted by Crippen LogP contribution is 2.26. The average Bonchev–Trinajstić information content (AvgIpc) is 2.59. The van der Waals surface area contributed by atoms with E-state index in [4.69, 9.17) is 46.4 Å². The van der Waals surface area contributed by atoms with Crippen molar-refractivity contribution in [3.63, 3.8) is 0 Å². The Labute approximate surface area is 169 Å². The summed E-state index contributed by atoms with van der Waals surface area (Å²) in [6.45, 7) is 0. The fourth-order valence-electron chi connectivity index (χ4n) is 2.25. The van der Waals surface area contributed by atoms with Gasteiger partial charge in [0.15, 0.2) is 0 Å². The minimum Gasteiger partial charge on any atom is -0.329 e. The number of carbonyl (C=O) groups excluding carboxylic acids is 1. The maximum Gasteiger partial charge on any atom is 0.315 e. The summed E-state index contributed by atoms with van der Waals surface area (Å²) in [5.74, 6) is -0.859. The van der Waals surface area contributed by atoms with Crippen LogP contribution in [-0.2, 0) is 0 Å². The molecule has 2 N–H and O–H groups in total. The molecule has 0 heterocycles. The van der Waals surface area contributed by atoms with Gasteiger partial charge in [-0.25, -0.2) is 13.6 Å². The summed E-state index contributed by atoms with van der Waals surface area (Å²) in [5.41, 5.74) is 1.03. The summed E-state index contributed by atoms with van der Waals surface area (Å²) < 4.78 is 26.1. The first-order valence-electron chi connectivity index (χ1n) is 7.42. The van der Waals surface area contributed by atoms with E-state index in [-0.39, 0.29) is 0 Å². The molecule has 0 aliphatic heterocycles. The summed E-state index contributed by atoms with van der Waals surface area (Å²) >= 11 is 23.7. The van der Waals surface area contributed by atoms with Gasteiger partial charge in [-0.15, -0.1) is 46.4 Å². The van der Waals surface area contributed by atoms with E-state index in [1.54, 1.807) is 0 Å². The lowest BCUT2D eigenvalue weighted by atomic mass is 10.1. The molecule has 0 fully saturated rings. The summed E-state index contributed by atoms with van der Waals surface area (Å²) in [7, 11) is 0. The van der Waals surface area contributed by atoms with E-state index >= 15 is 0 Å². The van der Waals surface area contributed by atoms with Crippen molar-refractivity contribution in [1.82, 2.24) is 10.6 Å². The van der Waals surface area contributed by atoms with Crippen LogP contribution in [0.25, 0.3) is 0 Å². The Morgan fingerprint density at radius 3 is 1.27 bits per heavy atom. The van der Waals surface area contributed by atoms with E-state index in [0.29, 0.717) is 11.1 Å². The van der Waals surface area contributed by atoms with E-state index in [1.165, 1.54) is 48.5 Å². The van der Waals surface area contributed by atoms with Gasteiger partial charge in [0.25, 0.3) is 0 Å². The molecule has 0 aromatic heterocycles. The van der Waals surface area contributed by atoms with Crippen LogP contribution in [-0.4, -0.2) is 15.7 Å². The molecule has 140 valence electrons. The lowest BCUT2D eigenvalue weighted by molar-refractivity contribution is 0.234. The van der Waals surface area contributed by atoms with E-state index in [0.717, 1.165) is 0 Å². The molecule has 0 bridgehead atoms. The van der Waals surface area contributed by atoms with Crippen molar-refractivity contribution in [1.29, 1.82) is 0 Å². The van der Waals surface area contributed by atoms with E-state index < -0.39 is 39.4 Å². The Kier molecular flexibility index (Phi) is 7.77. The summed E-state index contributed by atoms with van der Waals surface area (Å²) in [6.07, 6.45) is 0. The Bertz CT molecular complexity index is 665. The van der Waals surface area contributed by atoms with Crippen molar-refractivity contribution in [3.8, 4) is 0 Å². The molecule has 2 atom stereocenters. The van der Waals surface area contributed by atoms with E-state index in [2.05, 4.69) is 10.6 Å². The molecule has 2 rings (SSSR count). The predicted octanol–water partition coefficient (Wildman–Crippen LogP) is 5.65. The van der Waals surface area contributed by atoms with Gasteiger partial charge in [-0.3, -0.25) is 0 Å². The van der Waals surface area contributed by atoms with Crippen LogP contribution in [0.4, 0.5) is 13.6 Å². The lowest BCUT2D eigenvalue weighted by Crippen LogP contribution is -2.43. The summed E-state index contributed by atoms with van der Waals surface area (Å²) in [5, 5.41) is 5.18. The number of urea groups is 1. The van der Waals surface area contributed by atoms with Gasteiger partial charge < -0.3 is 10.6 Å². The molecule has 9 heteroatoms. The van der Waals surface area contributed by atoms with Crippen LogP contribution < -0.4 is 10.6 Å². The highest BCUT2D eigenvalue weighted by atomic mass is 35.5. The summed E-state index contributed by atoms with van der Waals surface area (Å²) in [4.78, 5) is 10.4. The van der Waals surface area contributed by atoms with Crippen LogP contribution in [0.5, 0.6) is 0 Å². The molecule has 2 amide bonds. The minimum absolute atomic E-state index is 0.429. The molecule has 2 unspecified atom stereocenters. The monoisotopic (exact) mass is 440 g/mol. The fraction of sp³-hybridized carbons (Fsp3) is 0.235. The number of rotatable bonds is 6. The molecule has 0 saturated heterocycles. The molecule has 2 aromatic carbocycles. The number of alkyl halides is 4. The lowest BCUT2D eigenvalue weighted by Gasteiger charge is -2.24. The number of hydrogen-bond donors (Lipinski definition) is 2. The zero-order valence-electron chi connectivity index (χ0n) is 13.1. The number of carbonyl (C=O) groups is 1. The number of nitrogens with one attached hydrogen (secondary N) is 2. The molecular formula is C17H14Cl4F2N2O. The van der Waals surface area contributed by atoms with Crippen LogP contribution in [0.2, 0.25) is 0 Å². The smallest absolute Gasteiger partial charge is 0.315 e. The van der Waals surface area contributed by atoms with Crippen LogP contribution in [0.15, 0.2) is 48.5 Å². The normalized spacial score (nSPS) is 13.5. The summed E-state index contributed by atoms with van der Waals surface area (Å²) in [6, 6.07) is 8.52. The average molecular weight is 442 g/mol. The first-order chi connectivity index (χ1) is 12.3. The second kappa shape index (κ2) is 9.60. The SMILES string of the molecule is O=C(NC(c1ccc(F)cc1)C(Cl)Cl)NC(c1ccc(F)cc1)C(Cl)Cl. The second-order valence-electron chi connectivity index (χ2n) is 5.35. The van der Waals surface area contributed by atoms with Crippen molar-refractivity contribution in [3.05, 3.63) is 71.3 Å². The van der Waals surface area contributed by atoms with Gasteiger partial charge >= 0.3 is 6.03 Å². The van der Waals surface area contributed by atoms with Gasteiger partial charge in [0.1, 0.15) is 21.3 Å². The van der Waals surface area contributed by atoms with Gasteiger partial charge in [0.2, 0.25) is 0 Å². The Morgan fingerprint density at radius 2 is 1.00 bits per heavy atom. The van der Waals surface area contributed by atoms with Crippen LogP contribution in [0, 0.1) is 11.6 Å². The third-order valence-electron chi connectivity index (χ3n) is 3.54. The van der Waals surface area contributed by atoms with Gasteiger partial charge in [-0.2, -0.15) is 0 Å². The quantitative estimate of drug-likeness (QED) is 0.558. The molecule has 3 nitrogen and oxygen atoms in total. The molecule has 0 aliphatic carbocycles. The number of halogens is 6. The van der Waals surface area contributed by atoms with E-state index in [9.17, 15) is 13.6 Å². The molecule has 26 heavy (non-hydrogen) atoms. The third kappa shape index (κ3) is 5.88. The molecule has 2 aromatic rings. The molecule has 0 saturated carbocycles. The topological polar surface area (TPSA) is 41.1 Å². The Hall–Kier alpha value is -1.27. The fourth-order valence-corrected chi connectivity index (χ4v) is 3.08. The zero-order chi connectivity index (χ0) is 19.3. The first-order valence-corrected chi connectivity index (χ1v) is 9.16. The molecule has 0 radical (unpaired) electrons. The van der Waals surface area contributed by atoms with E-state index in [1.807, 2.05) is 0 Å². The standard InChI is InChI=1S/C17H14Cl4F2N2O/c18-15(19)13(9-1-5-11(22)6-2-9)24-17(26)25-14(16(20)21)10-3-7-12(23)8-4-10/h1-8,13-16H,(H2,24,25,26). The first kappa shape index (κ1) is 21.0. The number of benzene rings is 2. The minimum atomic E-state index is -0.988. The predicted molar refractivity (Wildman–Crippen MR) is 101 cm³/mol. The van der Waals surface area contributed by atoms with Crippen molar-refractivity contribution < 1.29 is 13.6 Å². The van der Waals surface area contributed by atoms with Crippen molar-refractivity contribution in [2.24, 2.45) is 0 Å². The van der Waals surface area contributed by atoms with Gasteiger partial charge in [0, 0.05) is 0 Å². The zero-order valence-corrected chi connectivity index (χ0v) is 16.1. The second-order valence-corrected chi connectivity index (χ2v) is 7.67. The highest BCUT2D eigenvalue weighted by molar-refractivity contribution is 6.45. The maximum absolute atomic E-state index is 13.1. The molecular weight excluding hydrogens is 428 g/mol. The van der Waals surface area contributed by atoms with Crippen LogP contribution >= 0.6 is 46.4 Å². The van der Waals surface area contributed by atoms with Gasteiger partial charge in [0.05, 0.1) is 12.1 Å². The maximum atomic E-state index is 13.1. The van der Waals surface area contributed by atoms with Crippen molar-refractivity contribution >= 4 is 52.4 Å². The third-order valence-corrected chi connectivity index (χ3v) is 4.54. The Balaban J connectivity index is 2.12. The Morgan fingerprint density at radius 1 is 0.692 bits per heavy atom. The van der Waals surface area contributed by atoms with Crippen molar-refractivity contribution in [2.75, 3.05) is 0 Å². The largest absolute Gasteiger partial charge is 0.329 e. The van der Waals surface area contributed by atoms with Gasteiger partial charge in [-0.1, -0.05) is 24.3 Å². The van der Waals surface area contributed by atoms with Crippen molar-refractivity contribution in [2.45, 2.75) is 21.8 Å². The molecule has 0 aliphatic rings. The number of hydrogen-bond acceptors (Lipinski definition) is 1. The molecule has 0 spiro atoms. The highest BCUT2D eigenvalue weighted by Gasteiger charge is 2.26. The van der Waals surface area contributed by atoms with Crippen LogP contribution in [0.1, 0.15) is 23.2 Å². The van der Waals surface area contributed by atoms with Gasteiger partial charge in [-0.05, 0) is 35.4 Å². The van der Waals surface area contributed by atoms with Crippen LogP contribution in [0.3, 0.4) is 0 Å².